The number of phenolic OH excluding ortho intramolecular Hbond substituents is 1. The van der Waals surface area contributed by atoms with Crippen molar-refractivity contribution in [1.82, 2.24) is 4.90 Å². The molecule has 25 heavy (non-hydrogen) atoms. The van der Waals surface area contributed by atoms with Crippen molar-refractivity contribution in [2.45, 2.75) is 49.0 Å². The number of allylic oxidation sites excluding steroid dienone is 2. The number of thioether (sulfide) groups is 2. The Morgan fingerprint density at radius 3 is 2.20 bits per heavy atom. The highest BCUT2D eigenvalue weighted by molar-refractivity contribution is 8.01. The minimum Gasteiger partial charge on any atom is -0.508 e. The molecule has 0 fully saturated rings. The van der Waals surface area contributed by atoms with Crippen molar-refractivity contribution >= 4 is 23.5 Å². The van der Waals surface area contributed by atoms with Crippen LogP contribution in [-0.4, -0.2) is 44.1 Å². The molecule has 0 saturated heterocycles. The maximum absolute atomic E-state index is 10.2. The quantitative estimate of drug-likeness (QED) is 0.627. The van der Waals surface area contributed by atoms with Crippen LogP contribution in [0.1, 0.15) is 33.3 Å². The zero-order valence-corrected chi connectivity index (χ0v) is 17.7. The summed E-state index contributed by atoms with van der Waals surface area (Å²) in [7, 11) is 0. The first-order valence-electron chi connectivity index (χ1n) is 8.78. The van der Waals surface area contributed by atoms with Gasteiger partial charge in [0.2, 0.25) is 0 Å². The second-order valence-electron chi connectivity index (χ2n) is 7.85. The summed E-state index contributed by atoms with van der Waals surface area (Å²) in [6.45, 7) is 12.0. The van der Waals surface area contributed by atoms with Crippen LogP contribution in [0, 0.1) is 0 Å². The molecule has 1 aromatic rings. The molecule has 1 aromatic carbocycles. The molecule has 1 N–H and O–H groups in total. The Kier molecular flexibility index (Phi) is 7.12. The van der Waals surface area contributed by atoms with Gasteiger partial charge in [-0.05, 0) is 40.0 Å². The first-order valence-corrected chi connectivity index (χ1v) is 10.9. The van der Waals surface area contributed by atoms with Gasteiger partial charge in [0.05, 0.1) is 0 Å². The summed E-state index contributed by atoms with van der Waals surface area (Å²) in [4.78, 5) is 2.49. The summed E-state index contributed by atoms with van der Waals surface area (Å²) in [6, 6.07) is 7.69. The summed E-state index contributed by atoms with van der Waals surface area (Å²) in [5.74, 6) is 0.390. The Balaban J connectivity index is 2.11. The lowest BCUT2D eigenvalue weighted by Gasteiger charge is -2.37. The van der Waals surface area contributed by atoms with Gasteiger partial charge in [0.1, 0.15) is 5.75 Å². The largest absolute Gasteiger partial charge is 0.508 e. The predicted octanol–water partition coefficient (Wildman–Crippen LogP) is 5.34. The maximum Gasteiger partial charge on any atom is 0.120 e. The molecule has 0 radical (unpaired) electrons. The van der Waals surface area contributed by atoms with Crippen LogP contribution in [0.2, 0.25) is 0 Å². The number of hydrogen-bond donors (Lipinski definition) is 1. The molecule has 0 aliphatic heterocycles. The molecule has 2 nitrogen and oxygen atoms in total. The molecular weight excluding hydrogens is 346 g/mol. The van der Waals surface area contributed by atoms with Gasteiger partial charge in [-0.25, -0.2) is 0 Å². The summed E-state index contributed by atoms with van der Waals surface area (Å²) < 4.78 is 0.306. The Labute approximate surface area is 161 Å². The fourth-order valence-corrected chi connectivity index (χ4v) is 4.73. The predicted molar refractivity (Wildman–Crippen MR) is 115 cm³/mol. The normalized spacial score (nSPS) is 15.4. The first-order chi connectivity index (χ1) is 11.7. The molecule has 1 aliphatic rings. The van der Waals surface area contributed by atoms with Crippen molar-refractivity contribution in [1.29, 1.82) is 0 Å². The maximum atomic E-state index is 10.2. The van der Waals surface area contributed by atoms with E-state index in [-0.39, 0.29) is 9.49 Å². The molecule has 138 valence electrons. The highest BCUT2D eigenvalue weighted by Crippen LogP contribution is 2.34. The summed E-state index contributed by atoms with van der Waals surface area (Å²) >= 11 is 3.90. The number of nitrogens with zero attached hydrogens (tertiary/aromatic N) is 1. The third kappa shape index (κ3) is 6.76. The van der Waals surface area contributed by atoms with Crippen molar-refractivity contribution in [3.05, 3.63) is 54.1 Å². The number of benzene rings is 1. The van der Waals surface area contributed by atoms with Gasteiger partial charge in [-0.2, -0.15) is 11.8 Å². The number of hydrogen-bond acceptors (Lipinski definition) is 4. The SMILES string of the molecule is CSC(C)(C)CN(Cc1ccccc1O)CC(C)(C)SC1C=CC=C1. The number of aromatic hydroxyl groups is 1. The third-order valence-corrected chi connectivity index (χ3v) is 6.90. The summed E-state index contributed by atoms with van der Waals surface area (Å²) in [5, 5.41) is 10.7. The van der Waals surface area contributed by atoms with E-state index in [2.05, 4.69) is 63.2 Å². The molecule has 0 aromatic heterocycles. The highest BCUT2D eigenvalue weighted by Gasteiger charge is 2.29. The van der Waals surface area contributed by atoms with Gasteiger partial charge in [0, 0.05) is 39.9 Å². The van der Waals surface area contributed by atoms with Gasteiger partial charge in [-0.15, -0.1) is 11.8 Å². The second-order valence-corrected chi connectivity index (χ2v) is 11.2. The van der Waals surface area contributed by atoms with Crippen molar-refractivity contribution in [2.24, 2.45) is 0 Å². The molecule has 0 spiro atoms. The smallest absolute Gasteiger partial charge is 0.120 e. The van der Waals surface area contributed by atoms with Gasteiger partial charge in [-0.1, -0.05) is 42.5 Å². The molecule has 0 amide bonds. The molecular formula is C21H31NOS2. The zero-order chi connectivity index (χ0) is 18.5. The van der Waals surface area contributed by atoms with Crippen LogP contribution in [-0.2, 0) is 6.54 Å². The van der Waals surface area contributed by atoms with Crippen LogP contribution in [0.15, 0.2) is 48.6 Å². The fraction of sp³-hybridized carbons (Fsp3) is 0.524. The molecule has 4 heteroatoms. The van der Waals surface area contributed by atoms with Gasteiger partial charge in [0.15, 0.2) is 0 Å². The van der Waals surface area contributed by atoms with Gasteiger partial charge < -0.3 is 5.11 Å². The van der Waals surface area contributed by atoms with Gasteiger partial charge >= 0.3 is 0 Å². The number of rotatable bonds is 9. The lowest BCUT2D eigenvalue weighted by molar-refractivity contribution is 0.228. The van der Waals surface area contributed by atoms with Crippen LogP contribution in [0.25, 0.3) is 0 Å². The van der Waals surface area contributed by atoms with Crippen LogP contribution >= 0.6 is 23.5 Å². The minimum absolute atomic E-state index is 0.128. The van der Waals surface area contributed by atoms with Gasteiger partial charge in [0.25, 0.3) is 0 Å². The molecule has 0 bridgehead atoms. The van der Waals surface area contributed by atoms with Crippen molar-refractivity contribution in [3.63, 3.8) is 0 Å². The molecule has 1 aliphatic carbocycles. The second kappa shape index (κ2) is 8.70. The Morgan fingerprint density at radius 2 is 1.60 bits per heavy atom. The van der Waals surface area contributed by atoms with Crippen LogP contribution in [0.5, 0.6) is 5.75 Å². The van der Waals surface area contributed by atoms with E-state index in [1.807, 2.05) is 41.7 Å². The van der Waals surface area contributed by atoms with Crippen LogP contribution in [0.3, 0.4) is 0 Å². The molecule has 0 saturated carbocycles. The van der Waals surface area contributed by atoms with E-state index in [9.17, 15) is 5.11 Å². The molecule has 0 heterocycles. The lowest BCUT2D eigenvalue weighted by atomic mass is 10.1. The third-order valence-electron chi connectivity index (χ3n) is 4.31. The summed E-state index contributed by atoms with van der Waals surface area (Å²) in [6.07, 6.45) is 10.9. The molecule has 0 atom stereocenters. The van der Waals surface area contributed by atoms with E-state index in [1.165, 1.54) is 0 Å². The Hall–Kier alpha value is -0.840. The first kappa shape index (κ1) is 20.5. The topological polar surface area (TPSA) is 23.5 Å². The standard InChI is InChI=1S/C21H31NOS2/c1-20(2,24-5)15-22(14-17-10-6-9-13-19(17)23)16-21(3,4)25-18-11-7-8-12-18/h6-13,18,23H,14-16H2,1-5H3. The highest BCUT2D eigenvalue weighted by atomic mass is 32.2. The molecule has 0 unspecified atom stereocenters. The monoisotopic (exact) mass is 377 g/mol. The average Bonchev–Trinajstić information content (AvgIpc) is 3.00. The fourth-order valence-electron chi connectivity index (χ4n) is 3.09. The van der Waals surface area contributed by atoms with E-state index in [1.54, 1.807) is 6.07 Å². The Bertz CT molecular complexity index is 610. The zero-order valence-electron chi connectivity index (χ0n) is 16.0. The van der Waals surface area contributed by atoms with Gasteiger partial charge in [-0.3, -0.25) is 4.90 Å². The minimum atomic E-state index is 0.128. The van der Waals surface area contributed by atoms with Crippen molar-refractivity contribution < 1.29 is 5.11 Å². The number of phenols is 1. The number of para-hydroxylation sites is 1. The van der Waals surface area contributed by atoms with E-state index in [4.69, 9.17) is 0 Å². The van der Waals surface area contributed by atoms with E-state index in [0.717, 1.165) is 25.2 Å². The van der Waals surface area contributed by atoms with Crippen molar-refractivity contribution in [2.75, 3.05) is 19.3 Å². The van der Waals surface area contributed by atoms with E-state index < -0.39 is 0 Å². The molecule has 2 rings (SSSR count). The van der Waals surface area contributed by atoms with Crippen molar-refractivity contribution in [3.8, 4) is 5.75 Å². The van der Waals surface area contributed by atoms with Crippen LogP contribution < -0.4 is 0 Å². The van der Waals surface area contributed by atoms with E-state index in [0.29, 0.717) is 11.0 Å². The summed E-state index contributed by atoms with van der Waals surface area (Å²) in [5.41, 5.74) is 1.00. The van der Waals surface area contributed by atoms with Crippen LogP contribution in [0.4, 0.5) is 0 Å². The lowest BCUT2D eigenvalue weighted by Crippen LogP contribution is -2.43. The Morgan fingerprint density at radius 1 is 1.00 bits per heavy atom. The van der Waals surface area contributed by atoms with E-state index >= 15 is 0 Å². The average molecular weight is 378 g/mol.